The van der Waals surface area contributed by atoms with Gasteiger partial charge < -0.3 is 14.8 Å². The quantitative estimate of drug-likeness (QED) is 0.706. The molecule has 0 spiro atoms. The lowest BCUT2D eigenvalue weighted by Gasteiger charge is -2.21. The van der Waals surface area contributed by atoms with E-state index in [1.54, 1.807) is 0 Å². The second-order valence-corrected chi connectivity index (χ2v) is 3.60. The van der Waals surface area contributed by atoms with E-state index in [4.69, 9.17) is 0 Å². The van der Waals surface area contributed by atoms with Crippen LogP contribution in [0.4, 0.5) is 0 Å². The molecule has 1 rings (SSSR count). The lowest BCUT2D eigenvalue weighted by molar-refractivity contribution is -0.137. The number of allylic oxidation sites excluding steroid dienone is 2. The molecule has 0 aromatic carbocycles. The molecule has 0 aromatic rings. The smallest absolute Gasteiger partial charge is 0.354 e. The number of ether oxygens (including phenoxy) is 2. The summed E-state index contributed by atoms with van der Waals surface area (Å²) < 4.78 is 9.25. The van der Waals surface area contributed by atoms with Crippen LogP contribution >= 0.6 is 0 Å². The van der Waals surface area contributed by atoms with Crippen LogP contribution in [0.5, 0.6) is 0 Å². The normalized spacial score (nSPS) is 15.8. The second-order valence-electron chi connectivity index (χ2n) is 3.60. The first-order valence-corrected chi connectivity index (χ1v) is 4.84. The zero-order valence-electron chi connectivity index (χ0n) is 9.84. The van der Waals surface area contributed by atoms with E-state index in [0.717, 1.165) is 11.1 Å². The first-order chi connectivity index (χ1) is 7.51. The van der Waals surface area contributed by atoms with Gasteiger partial charge in [0.05, 0.1) is 14.2 Å². The Morgan fingerprint density at radius 2 is 1.38 bits per heavy atom. The fourth-order valence-electron chi connectivity index (χ4n) is 1.57. The van der Waals surface area contributed by atoms with Gasteiger partial charge in [0.1, 0.15) is 11.4 Å². The lowest BCUT2D eigenvalue weighted by Crippen LogP contribution is -2.31. The number of methoxy groups -OCH3 is 2. The minimum Gasteiger partial charge on any atom is -0.464 e. The van der Waals surface area contributed by atoms with Crippen LogP contribution in [0.3, 0.4) is 0 Å². The van der Waals surface area contributed by atoms with Crippen molar-refractivity contribution < 1.29 is 19.1 Å². The maximum Gasteiger partial charge on any atom is 0.354 e. The fraction of sp³-hybridized carbons (Fsp3) is 0.455. The number of carbonyl (C=O) groups is 2. The summed E-state index contributed by atoms with van der Waals surface area (Å²) in [5, 5.41) is 2.76. The van der Waals surface area contributed by atoms with E-state index in [9.17, 15) is 9.59 Å². The molecule has 1 aliphatic rings. The summed E-state index contributed by atoms with van der Waals surface area (Å²) in [7, 11) is 2.60. The average molecular weight is 225 g/mol. The van der Waals surface area contributed by atoms with Gasteiger partial charge in [0.25, 0.3) is 0 Å². The number of nitrogens with one attached hydrogen (secondary N) is 1. The number of rotatable bonds is 2. The summed E-state index contributed by atoms with van der Waals surface area (Å²) in [6.07, 6.45) is 0.557. The third kappa shape index (κ3) is 2.24. The van der Waals surface area contributed by atoms with Crippen molar-refractivity contribution in [2.75, 3.05) is 14.2 Å². The standard InChI is InChI=1S/C11H15NO4/c1-6-5-7(2)9(11(14)16-4)12-8(6)10(13)15-3/h12H,5H2,1-4H3. The molecule has 88 valence electrons. The van der Waals surface area contributed by atoms with Crippen molar-refractivity contribution >= 4 is 11.9 Å². The number of dihydropyridines is 1. The van der Waals surface area contributed by atoms with Gasteiger partial charge in [-0.05, 0) is 31.4 Å². The van der Waals surface area contributed by atoms with E-state index < -0.39 is 11.9 Å². The molecule has 5 heteroatoms. The first-order valence-electron chi connectivity index (χ1n) is 4.84. The van der Waals surface area contributed by atoms with Crippen LogP contribution in [0.1, 0.15) is 20.3 Å². The van der Waals surface area contributed by atoms with E-state index in [1.165, 1.54) is 14.2 Å². The molecule has 0 aromatic heterocycles. The van der Waals surface area contributed by atoms with Gasteiger partial charge in [0.15, 0.2) is 0 Å². The predicted octanol–water partition coefficient (Wildman–Crippen LogP) is 0.874. The van der Waals surface area contributed by atoms with Crippen molar-refractivity contribution in [2.24, 2.45) is 0 Å². The van der Waals surface area contributed by atoms with E-state index >= 15 is 0 Å². The topological polar surface area (TPSA) is 64.6 Å². The Hall–Kier alpha value is -1.78. The molecule has 1 N–H and O–H groups in total. The highest BCUT2D eigenvalue weighted by molar-refractivity contribution is 5.95. The van der Waals surface area contributed by atoms with Crippen LogP contribution in [0.15, 0.2) is 22.5 Å². The Balaban J connectivity index is 2.99. The molecule has 0 radical (unpaired) electrons. The molecule has 1 aliphatic heterocycles. The largest absolute Gasteiger partial charge is 0.464 e. The van der Waals surface area contributed by atoms with Gasteiger partial charge in [-0.2, -0.15) is 0 Å². The number of hydrogen-bond acceptors (Lipinski definition) is 5. The van der Waals surface area contributed by atoms with Crippen molar-refractivity contribution in [3.05, 3.63) is 22.5 Å². The molecule has 0 aliphatic carbocycles. The van der Waals surface area contributed by atoms with Crippen LogP contribution in [0.25, 0.3) is 0 Å². The monoisotopic (exact) mass is 225 g/mol. The van der Waals surface area contributed by atoms with E-state index in [2.05, 4.69) is 14.8 Å². The van der Waals surface area contributed by atoms with Crippen molar-refractivity contribution in [1.29, 1.82) is 0 Å². The molecule has 0 unspecified atom stereocenters. The van der Waals surface area contributed by atoms with Gasteiger partial charge in [-0.1, -0.05) is 0 Å². The molecular formula is C11H15NO4. The number of carbonyl (C=O) groups excluding carboxylic acids is 2. The summed E-state index contributed by atoms with van der Waals surface area (Å²) in [6, 6.07) is 0. The van der Waals surface area contributed by atoms with Crippen molar-refractivity contribution in [3.8, 4) is 0 Å². The highest BCUT2D eigenvalue weighted by Gasteiger charge is 2.25. The molecule has 0 atom stereocenters. The Bertz CT molecular complexity index is 357. The third-order valence-corrected chi connectivity index (χ3v) is 2.41. The molecular weight excluding hydrogens is 210 g/mol. The highest BCUT2D eigenvalue weighted by atomic mass is 16.5. The van der Waals surface area contributed by atoms with Crippen LogP contribution in [-0.2, 0) is 19.1 Å². The Morgan fingerprint density at radius 3 is 1.69 bits per heavy atom. The summed E-state index contributed by atoms with van der Waals surface area (Å²) in [4.78, 5) is 22.8. The fourth-order valence-corrected chi connectivity index (χ4v) is 1.57. The third-order valence-electron chi connectivity index (χ3n) is 2.41. The Labute approximate surface area is 94.1 Å². The number of esters is 2. The lowest BCUT2D eigenvalue weighted by atomic mass is 10.00. The summed E-state index contributed by atoms with van der Waals surface area (Å²) in [5.41, 5.74) is 2.32. The molecule has 5 nitrogen and oxygen atoms in total. The molecule has 1 heterocycles. The van der Waals surface area contributed by atoms with Gasteiger partial charge in [-0.15, -0.1) is 0 Å². The zero-order valence-corrected chi connectivity index (χ0v) is 9.84. The van der Waals surface area contributed by atoms with E-state index in [-0.39, 0.29) is 0 Å². The van der Waals surface area contributed by atoms with Gasteiger partial charge in [0, 0.05) is 0 Å². The Morgan fingerprint density at radius 1 is 1.00 bits per heavy atom. The van der Waals surface area contributed by atoms with Crippen molar-refractivity contribution in [3.63, 3.8) is 0 Å². The molecule has 16 heavy (non-hydrogen) atoms. The maximum atomic E-state index is 11.4. The van der Waals surface area contributed by atoms with Gasteiger partial charge in [-0.25, -0.2) is 9.59 Å². The molecule has 0 saturated carbocycles. The Kier molecular flexibility index (Phi) is 3.71. The summed E-state index contributed by atoms with van der Waals surface area (Å²) >= 11 is 0. The van der Waals surface area contributed by atoms with Crippen LogP contribution in [0, 0.1) is 0 Å². The second kappa shape index (κ2) is 4.83. The van der Waals surface area contributed by atoms with Gasteiger partial charge in [0.2, 0.25) is 0 Å². The summed E-state index contributed by atoms with van der Waals surface area (Å²) in [6.45, 7) is 3.63. The average Bonchev–Trinajstić information content (AvgIpc) is 2.27. The van der Waals surface area contributed by atoms with Crippen molar-refractivity contribution in [2.45, 2.75) is 20.3 Å². The highest BCUT2D eigenvalue weighted by Crippen LogP contribution is 2.23. The molecule has 0 saturated heterocycles. The SMILES string of the molecule is COC(=O)C1=C(C)CC(C)=C(C(=O)OC)N1. The van der Waals surface area contributed by atoms with Gasteiger partial charge in [-0.3, -0.25) is 0 Å². The van der Waals surface area contributed by atoms with Crippen LogP contribution in [0.2, 0.25) is 0 Å². The molecule has 0 amide bonds. The van der Waals surface area contributed by atoms with Crippen LogP contribution in [-0.4, -0.2) is 26.2 Å². The van der Waals surface area contributed by atoms with Crippen molar-refractivity contribution in [1.82, 2.24) is 5.32 Å². The molecule has 0 fully saturated rings. The first kappa shape index (κ1) is 12.3. The zero-order chi connectivity index (χ0) is 12.3. The van der Waals surface area contributed by atoms with Crippen LogP contribution < -0.4 is 5.32 Å². The minimum absolute atomic E-state index is 0.313. The maximum absolute atomic E-state index is 11.4. The van der Waals surface area contributed by atoms with Gasteiger partial charge >= 0.3 is 11.9 Å². The minimum atomic E-state index is -0.480. The van der Waals surface area contributed by atoms with E-state index in [0.29, 0.717) is 17.8 Å². The predicted molar refractivity (Wildman–Crippen MR) is 57.2 cm³/mol. The number of hydrogen-bond donors (Lipinski definition) is 1. The summed E-state index contributed by atoms with van der Waals surface area (Å²) in [5.74, 6) is -0.960. The van der Waals surface area contributed by atoms with E-state index in [1.807, 2.05) is 13.8 Å². The molecule has 0 bridgehead atoms.